The van der Waals surface area contributed by atoms with Crippen LogP contribution in [0, 0.1) is 10.1 Å². The number of hydrogen-bond donors (Lipinski definition) is 1. The maximum absolute atomic E-state index is 12.8. The highest BCUT2D eigenvalue weighted by atomic mass is 32.2. The molecule has 1 heterocycles. The summed E-state index contributed by atoms with van der Waals surface area (Å²) in [5.74, 6) is -0.562. The average molecular weight is 418 g/mol. The van der Waals surface area contributed by atoms with E-state index in [0.717, 1.165) is 12.8 Å². The summed E-state index contributed by atoms with van der Waals surface area (Å²) in [6.45, 7) is 0.970. The Morgan fingerprint density at radius 1 is 1.14 bits per heavy atom. The van der Waals surface area contributed by atoms with Crippen molar-refractivity contribution in [3.05, 3.63) is 58.1 Å². The Kier molecular flexibility index (Phi) is 5.85. The highest BCUT2D eigenvalue weighted by Gasteiger charge is 2.27. The molecule has 29 heavy (non-hydrogen) atoms. The van der Waals surface area contributed by atoms with Crippen LogP contribution in [0.15, 0.2) is 47.4 Å². The Morgan fingerprint density at radius 3 is 2.45 bits per heavy atom. The first-order chi connectivity index (χ1) is 13.7. The van der Waals surface area contributed by atoms with E-state index >= 15 is 0 Å². The minimum absolute atomic E-state index is 0.101. The van der Waals surface area contributed by atoms with Gasteiger partial charge in [-0.1, -0.05) is 6.07 Å². The Morgan fingerprint density at radius 2 is 1.83 bits per heavy atom. The fourth-order valence-electron chi connectivity index (χ4n) is 3.22. The molecule has 3 rings (SSSR count). The van der Waals surface area contributed by atoms with Crippen LogP contribution in [0.3, 0.4) is 0 Å². The number of hydrogen-bond acceptors (Lipinski definition) is 6. The maximum atomic E-state index is 12.8. The van der Waals surface area contributed by atoms with Crippen molar-refractivity contribution in [2.24, 2.45) is 0 Å². The molecule has 0 saturated carbocycles. The van der Waals surface area contributed by atoms with Gasteiger partial charge in [-0.05, 0) is 37.1 Å². The highest BCUT2D eigenvalue weighted by Crippen LogP contribution is 2.27. The Labute approximate surface area is 169 Å². The second-order valence-electron chi connectivity index (χ2n) is 6.95. The summed E-state index contributed by atoms with van der Waals surface area (Å²) in [5.41, 5.74) is 0.726. The van der Waals surface area contributed by atoms with Gasteiger partial charge in [0.05, 0.1) is 15.4 Å². The molecule has 0 spiro atoms. The maximum Gasteiger partial charge on any atom is 0.270 e. The molecule has 0 radical (unpaired) electrons. The third kappa shape index (κ3) is 4.38. The van der Waals surface area contributed by atoms with Crippen LogP contribution in [0.2, 0.25) is 0 Å². The van der Waals surface area contributed by atoms with E-state index in [1.54, 1.807) is 31.1 Å². The second kappa shape index (κ2) is 8.18. The molecular weight excluding hydrogens is 396 g/mol. The highest BCUT2D eigenvalue weighted by molar-refractivity contribution is 7.89. The lowest BCUT2D eigenvalue weighted by Gasteiger charge is -2.18. The van der Waals surface area contributed by atoms with Crippen molar-refractivity contribution in [3.63, 3.8) is 0 Å². The topological polar surface area (TPSA) is 113 Å². The molecule has 1 aliphatic rings. The van der Waals surface area contributed by atoms with Crippen LogP contribution < -0.4 is 10.2 Å². The van der Waals surface area contributed by atoms with E-state index in [-0.39, 0.29) is 16.1 Å². The summed E-state index contributed by atoms with van der Waals surface area (Å²) >= 11 is 0. The summed E-state index contributed by atoms with van der Waals surface area (Å²) < 4.78 is 26.9. The van der Waals surface area contributed by atoms with E-state index in [1.807, 2.05) is 0 Å². The number of nitro benzene ring substituents is 1. The predicted molar refractivity (Wildman–Crippen MR) is 110 cm³/mol. The van der Waals surface area contributed by atoms with Gasteiger partial charge in [0.25, 0.3) is 11.6 Å². The third-order valence-electron chi connectivity index (χ3n) is 4.71. The van der Waals surface area contributed by atoms with Gasteiger partial charge in [-0.3, -0.25) is 14.9 Å². The number of nitro groups is 1. The van der Waals surface area contributed by atoms with E-state index < -0.39 is 20.9 Å². The quantitative estimate of drug-likeness (QED) is 0.570. The van der Waals surface area contributed by atoms with E-state index in [0.29, 0.717) is 24.5 Å². The van der Waals surface area contributed by atoms with Crippen molar-refractivity contribution < 1.29 is 18.1 Å². The number of anilines is 2. The van der Waals surface area contributed by atoms with Gasteiger partial charge >= 0.3 is 0 Å². The molecule has 9 nitrogen and oxygen atoms in total. The Balaban J connectivity index is 1.90. The first-order valence-electron chi connectivity index (χ1n) is 9.07. The van der Waals surface area contributed by atoms with Gasteiger partial charge in [0, 0.05) is 50.7 Å². The van der Waals surface area contributed by atoms with Crippen molar-refractivity contribution in [1.29, 1.82) is 0 Å². The summed E-state index contributed by atoms with van der Waals surface area (Å²) in [6.07, 6.45) is 1.66. The van der Waals surface area contributed by atoms with Crippen LogP contribution in [0.1, 0.15) is 23.2 Å². The summed E-state index contributed by atoms with van der Waals surface area (Å²) in [7, 11) is -0.170. The molecule has 0 atom stereocenters. The summed E-state index contributed by atoms with van der Waals surface area (Å²) in [5, 5.41) is 13.7. The Bertz CT molecular complexity index is 1050. The average Bonchev–Trinajstić information content (AvgIpc) is 3.23. The monoisotopic (exact) mass is 418 g/mol. The van der Waals surface area contributed by atoms with Gasteiger partial charge in [-0.15, -0.1) is 0 Å². The van der Waals surface area contributed by atoms with Crippen LogP contribution in [-0.2, 0) is 10.0 Å². The minimum atomic E-state index is -3.62. The van der Waals surface area contributed by atoms with Crippen LogP contribution in [0.5, 0.6) is 0 Å². The third-order valence-corrected chi connectivity index (χ3v) is 6.61. The smallest absolute Gasteiger partial charge is 0.270 e. The van der Waals surface area contributed by atoms with E-state index in [1.165, 1.54) is 34.6 Å². The molecule has 10 heteroatoms. The lowest BCUT2D eigenvalue weighted by molar-refractivity contribution is -0.384. The normalized spacial score (nSPS) is 14.6. The molecule has 1 fully saturated rings. The van der Waals surface area contributed by atoms with Gasteiger partial charge in [0.1, 0.15) is 0 Å². The molecule has 1 N–H and O–H groups in total. The lowest BCUT2D eigenvalue weighted by atomic mass is 10.1. The lowest BCUT2D eigenvalue weighted by Crippen LogP contribution is -2.28. The van der Waals surface area contributed by atoms with Crippen LogP contribution in [-0.4, -0.2) is 50.7 Å². The number of non-ortho nitro benzene ring substituents is 1. The number of nitrogens with one attached hydrogen (secondary N) is 1. The van der Waals surface area contributed by atoms with Gasteiger partial charge in [0.15, 0.2) is 0 Å². The molecule has 154 valence electrons. The molecule has 2 aromatic carbocycles. The van der Waals surface area contributed by atoms with Gasteiger partial charge in [-0.25, -0.2) is 8.42 Å². The zero-order valence-electron chi connectivity index (χ0n) is 16.2. The number of carbonyl (C=O) groups excluding carboxylic acids is 1. The largest absolute Gasteiger partial charge is 0.377 e. The van der Waals surface area contributed by atoms with Crippen molar-refractivity contribution in [1.82, 2.24) is 4.31 Å². The number of benzene rings is 2. The van der Waals surface area contributed by atoms with Crippen LogP contribution >= 0.6 is 0 Å². The number of rotatable bonds is 6. The minimum Gasteiger partial charge on any atom is -0.377 e. The second-order valence-corrected chi connectivity index (χ2v) is 8.88. The van der Waals surface area contributed by atoms with E-state index in [4.69, 9.17) is 0 Å². The van der Waals surface area contributed by atoms with Crippen LogP contribution in [0.25, 0.3) is 0 Å². The van der Waals surface area contributed by atoms with Crippen molar-refractivity contribution in [2.75, 3.05) is 37.4 Å². The van der Waals surface area contributed by atoms with Crippen molar-refractivity contribution in [3.8, 4) is 0 Å². The molecule has 0 aliphatic carbocycles. The fourth-order valence-corrected chi connectivity index (χ4v) is 4.78. The first kappa shape index (κ1) is 20.7. The van der Waals surface area contributed by atoms with Gasteiger partial charge < -0.3 is 10.2 Å². The Hall–Kier alpha value is -2.98. The number of sulfonamides is 1. The number of amides is 1. The predicted octanol–water partition coefficient (Wildman–Crippen LogP) is 2.70. The molecule has 2 aromatic rings. The van der Waals surface area contributed by atoms with E-state index in [2.05, 4.69) is 5.32 Å². The molecular formula is C19H22N4O5S. The van der Waals surface area contributed by atoms with Crippen molar-refractivity contribution in [2.45, 2.75) is 17.7 Å². The summed E-state index contributed by atoms with van der Waals surface area (Å²) in [6, 6.07) is 10.1. The van der Waals surface area contributed by atoms with Gasteiger partial charge in [0.2, 0.25) is 10.0 Å². The fraction of sp³-hybridized carbons (Fsp3) is 0.316. The molecule has 0 unspecified atom stereocenters. The number of nitrogens with zero attached hydrogens (tertiary/aromatic N) is 3. The molecule has 1 saturated heterocycles. The molecule has 1 aliphatic heterocycles. The molecule has 1 amide bonds. The zero-order chi connectivity index (χ0) is 21.2. The first-order valence-corrected chi connectivity index (χ1v) is 10.5. The SMILES string of the molecule is CN(C)c1ccc([N+](=O)[O-])cc1C(=O)Nc1cccc(S(=O)(=O)N2CCCC2)c1. The zero-order valence-corrected chi connectivity index (χ0v) is 17.0. The molecule has 0 bridgehead atoms. The van der Waals surface area contributed by atoms with Crippen LogP contribution in [0.4, 0.5) is 17.1 Å². The van der Waals surface area contributed by atoms with E-state index in [9.17, 15) is 23.3 Å². The van der Waals surface area contributed by atoms with Crippen molar-refractivity contribution >= 4 is 33.0 Å². The number of carbonyl (C=O) groups is 1. The van der Waals surface area contributed by atoms with Gasteiger partial charge in [-0.2, -0.15) is 4.31 Å². The summed E-state index contributed by atoms with van der Waals surface area (Å²) in [4.78, 5) is 25.1. The molecule has 0 aromatic heterocycles. The standard InChI is InChI=1S/C19H22N4O5S/c1-21(2)18-9-8-15(23(25)26)13-17(18)19(24)20-14-6-5-7-16(12-14)29(27,28)22-10-3-4-11-22/h5-9,12-13H,3-4,10-11H2,1-2H3,(H,20,24).